The van der Waals surface area contributed by atoms with E-state index >= 15 is 0 Å². The molecule has 1 aliphatic rings. The summed E-state index contributed by atoms with van der Waals surface area (Å²) >= 11 is 0. The van der Waals surface area contributed by atoms with Gasteiger partial charge in [-0.1, -0.05) is 0 Å². The molecule has 0 radical (unpaired) electrons. The molecule has 1 aromatic carbocycles. The molecule has 1 amide bonds. The fraction of sp³-hybridized carbons (Fsp3) is 0.562. The van der Waals surface area contributed by atoms with E-state index in [0.29, 0.717) is 30.8 Å². The Morgan fingerprint density at radius 2 is 1.77 bits per heavy atom. The zero-order chi connectivity index (χ0) is 16.3. The molecule has 1 aromatic rings. The van der Waals surface area contributed by atoms with Crippen molar-refractivity contribution in [1.29, 1.82) is 0 Å². The number of carbonyl (C=O) groups is 1. The second-order valence-electron chi connectivity index (χ2n) is 6.42. The van der Waals surface area contributed by atoms with Crippen LogP contribution in [0.25, 0.3) is 0 Å². The van der Waals surface area contributed by atoms with E-state index in [2.05, 4.69) is 0 Å². The molecule has 0 N–H and O–H groups in total. The summed E-state index contributed by atoms with van der Waals surface area (Å²) in [6.45, 7) is 6.57. The second kappa shape index (κ2) is 6.77. The van der Waals surface area contributed by atoms with Crippen LogP contribution in [0, 0.1) is 5.82 Å². The Labute approximate surface area is 133 Å². The maximum atomic E-state index is 12.9. The molecule has 4 nitrogen and oxygen atoms in total. The molecule has 1 aliphatic heterocycles. The Hall–Kier alpha value is -1.43. The minimum absolute atomic E-state index is 0.0100. The summed E-state index contributed by atoms with van der Waals surface area (Å²) in [4.78, 5) is 14.3. The highest BCUT2D eigenvalue weighted by molar-refractivity contribution is 7.85. The maximum absolute atomic E-state index is 12.9. The van der Waals surface area contributed by atoms with Gasteiger partial charge in [-0.2, -0.15) is 0 Å². The van der Waals surface area contributed by atoms with Gasteiger partial charge in [0.25, 0.3) is 0 Å². The molecular formula is C16H22FNO3S. The van der Waals surface area contributed by atoms with Crippen LogP contribution in [-0.4, -0.2) is 39.1 Å². The molecule has 0 aliphatic carbocycles. The van der Waals surface area contributed by atoms with E-state index in [-0.39, 0.29) is 17.2 Å². The number of rotatable bonds is 2. The zero-order valence-electron chi connectivity index (χ0n) is 13.2. The minimum atomic E-state index is -1.17. The van der Waals surface area contributed by atoms with Crippen molar-refractivity contribution in [1.82, 2.24) is 4.90 Å². The molecule has 22 heavy (non-hydrogen) atoms. The third kappa shape index (κ3) is 4.53. The number of amides is 1. The molecule has 0 saturated carbocycles. The van der Waals surface area contributed by atoms with Crippen LogP contribution in [0.1, 0.15) is 33.6 Å². The third-order valence-electron chi connectivity index (χ3n) is 3.44. The molecule has 6 heteroatoms. The second-order valence-corrected chi connectivity index (χ2v) is 8.15. The Bertz CT molecular complexity index is 546. The highest BCUT2D eigenvalue weighted by Crippen LogP contribution is 2.22. The van der Waals surface area contributed by atoms with Gasteiger partial charge in [0.1, 0.15) is 11.4 Å². The van der Waals surface area contributed by atoms with Gasteiger partial charge in [0.15, 0.2) is 0 Å². The molecule has 1 fully saturated rings. The van der Waals surface area contributed by atoms with Gasteiger partial charge >= 0.3 is 6.09 Å². The highest BCUT2D eigenvalue weighted by Gasteiger charge is 2.29. The fourth-order valence-electron chi connectivity index (χ4n) is 2.34. The monoisotopic (exact) mass is 327 g/mol. The Kier molecular flexibility index (Phi) is 5.21. The molecule has 1 atom stereocenters. The van der Waals surface area contributed by atoms with Gasteiger partial charge in [0.05, 0.1) is 10.8 Å². The lowest BCUT2D eigenvalue weighted by molar-refractivity contribution is 0.0218. The molecule has 0 aromatic heterocycles. The number of likely N-dealkylation sites (tertiary alicyclic amines) is 1. The van der Waals surface area contributed by atoms with Crippen LogP contribution in [-0.2, 0) is 15.5 Å². The van der Waals surface area contributed by atoms with Crippen LogP contribution in [0.5, 0.6) is 0 Å². The zero-order valence-corrected chi connectivity index (χ0v) is 14.0. The molecule has 0 spiro atoms. The van der Waals surface area contributed by atoms with E-state index in [0.717, 1.165) is 0 Å². The Balaban J connectivity index is 1.90. The molecule has 2 rings (SSSR count). The first-order valence-corrected chi connectivity index (χ1v) is 8.61. The van der Waals surface area contributed by atoms with Crippen molar-refractivity contribution in [2.75, 3.05) is 13.1 Å². The largest absolute Gasteiger partial charge is 0.444 e. The van der Waals surface area contributed by atoms with Crippen LogP contribution in [0.3, 0.4) is 0 Å². The predicted octanol–water partition coefficient (Wildman–Crippen LogP) is 3.33. The number of hydrogen-bond acceptors (Lipinski definition) is 3. The van der Waals surface area contributed by atoms with Crippen molar-refractivity contribution < 1.29 is 18.1 Å². The number of hydrogen-bond donors (Lipinski definition) is 0. The molecule has 0 bridgehead atoms. The standard InChI is InChI=1S/C16H22FNO3S/c1-16(2,3)21-15(19)18-10-8-14(9-11-18)22(20)13-6-4-12(17)5-7-13/h4-7,14H,8-11H2,1-3H3. The van der Waals surface area contributed by atoms with Gasteiger partial charge in [-0.15, -0.1) is 0 Å². The number of halogens is 1. The van der Waals surface area contributed by atoms with Crippen LogP contribution in [0.4, 0.5) is 9.18 Å². The average molecular weight is 327 g/mol. The smallest absolute Gasteiger partial charge is 0.410 e. The van der Waals surface area contributed by atoms with E-state index in [4.69, 9.17) is 4.74 Å². The van der Waals surface area contributed by atoms with Crippen LogP contribution >= 0.6 is 0 Å². The van der Waals surface area contributed by atoms with Gasteiger partial charge in [-0.3, -0.25) is 4.21 Å². The summed E-state index contributed by atoms with van der Waals surface area (Å²) in [5, 5.41) is -0.0100. The van der Waals surface area contributed by atoms with Crippen molar-refractivity contribution in [2.45, 2.75) is 49.4 Å². The molecule has 1 unspecified atom stereocenters. The normalized spacial score (nSPS) is 18.1. The lowest BCUT2D eigenvalue weighted by Crippen LogP contribution is -2.43. The number of nitrogens with zero attached hydrogens (tertiary/aromatic N) is 1. The number of carbonyl (C=O) groups excluding carboxylic acids is 1. The van der Waals surface area contributed by atoms with Gasteiger partial charge in [0.2, 0.25) is 0 Å². The quantitative estimate of drug-likeness (QED) is 0.837. The predicted molar refractivity (Wildman–Crippen MR) is 83.6 cm³/mol. The van der Waals surface area contributed by atoms with Gasteiger partial charge in [-0.05, 0) is 57.9 Å². The summed E-state index contributed by atoms with van der Waals surface area (Å²) in [7, 11) is -1.17. The minimum Gasteiger partial charge on any atom is -0.444 e. The molecule has 1 heterocycles. The average Bonchev–Trinajstić information content (AvgIpc) is 2.46. The van der Waals surface area contributed by atoms with Gasteiger partial charge in [-0.25, -0.2) is 9.18 Å². The fourth-order valence-corrected chi connectivity index (χ4v) is 3.77. The number of ether oxygens (including phenoxy) is 1. The van der Waals surface area contributed by atoms with Crippen molar-refractivity contribution in [3.63, 3.8) is 0 Å². The van der Waals surface area contributed by atoms with Crippen molar-refractivity contribution in [3.05, 3.63) is 30.1 Å². The third-order valence-corrected chi connectivity index (χ3v) is 5.26. The Morgan fingerprint density at radius 1 is 1.23 bits per heavy atom. The summed E-state index contributed by atoms with van der Waals surface area (Å²) in [5.41, 5.74) is -0.509. The van der Waals surface area contributed by atoms with Gasteiger partial charge in [0, 0.05) is 23.2 Å². The highest BCUT2D eigenvalue weighted by atomic mass is 32.2. The molecule has 1 saturated heterocycles. The molecule has 122 valence electrons. The SMILES string of the molecule is CC(C)(C)OC(=O)N1CCC(S(=O)c2ccc(F)cc2)CC1. The summed E-state index contributed by atoms with van der Waals surface area (Å²) in [6, 6.07) is 5.77. The summed E-state index contributed by atoms with van der Waals surface area (Å²) < 4.78 is 30.7. The van der Waals surface area contributed by atoms with Crippen molar-refractivity contribution in [2.24, 2.45) is 0 Å². The van der Waals surface area contributed by atoms with E-state index in [9.17, 15) is 13.4 Å². The number of piperidine rings is 1. The lowest BCUT2D eigenvalue weighted by atomic mass is 10.1. The van der Waals surface area contributed by atoms with E-state index in [1.165, 1.54) is 12.1 Å². The van der Waals surface area contributed by atoms with E-state index in [1.807, 2.05) is 20.8 Å². The van der Waals surface area contributed by atoms with Crippen molar-refractivity contribution in [3.8, 4) is 0 Å². The first-order valence-electron chi connectivity index (χ1n) is 7.40. The van der Waals surface area contributed by atoms with Crippen LogP contribution in [0.15, 0.2) is 29.2 Å². The lowest BCUT2D eigenvalue weighted by Gasteiger charge is -2.33. The Morgan fingerprint density at radius 3 is 2.27 bits per heavy atom. The molecular weight excluding hydrogens is 305 g/mol. The summed E-state index contributed by atoms with van der Waals surface area (Å²) in [6.07, 6.45) is 0.991. The van der Waals surface area contributed by atoms with Crippen molar-refractivity contribution >= 4 is 16.9 Å². The number of benzene rings is 1. The van der Waals surface area contributed by atoms with Crippen LogP contribution < -0.4 is 0 Å². The first kappa shape index (κ1) is 16.9. The maximum Gasteiger partial charge on any atom is 0.410 e. The van der Waals surface area contributed by atoms with E-state index in [1.54, 1.807) is 17.0 Å². The first-order chi connectivity index (χ1) is 10.3. The topological polar surface area (TPSA) is 46.6 Å². The van der Waals surface area contributed by atoms with Gasteiger partial charge < -0.3 is 9.64 Å². The van der Waals surface area contributed by atoms with Crippen LogP contribution in [0.2, 0.25) is 0 Å². The van der Waals surface area contributed by atoms with E-state index < -0.39 is 16.4 Å². The summed E-state index contributed by atoms with van der Waals surface area (Å²) in [5.74, 6) is -0.333.